The molecule has 0 atom stereocenters. The van der Waals surface area contributed by atoms with E-state index >= 15 is 0 Å². The number of nitrogens with zero attached hydrogens (tertiary/aromatic N) is 1. The molecule has 0 saturated heterocycles. The van der Waals surface area contributed by atoms with E-state index in [9.17, 15) is 4.79 Å². The fourth-order valence-corrected chi connectivity index (χ4v) is 2.48. The minimum atomic E-state index is -0.0400. The highest BCUT2D eigenvalue weighted by atomic mass is 32.1. The first kappa shape index (κ1) is 14.5. The van der Waals surface area contributed by atoms with Crippen LogP contribution in [0.1, 0.15) is 36.6 Å². The third-order valence-electron chi connectivity index (χ3n) is 2.75. The molecule has 0 spiro atoms. The van der Waals surface area contributed by atoms with Crippen molar-refractivity contribution < 1.29 is 4.79 Å². The summed E-state index contributed by atoms with van der Waals surface area (Å²) in [5.74, 6) is 0.401. The Kier molecular flexibility index (Phi) is 5.07. The summed E-state index contributed by atoms with van der Waals surface area (Å²) in [5, 5.41) is 3.49. The number of thiazole rings is 1. The van der Waals surface area contributed by atoms with Gasteiger partial charge < -0.3 is 5.32 Å². The summed E-state index contributed by atoms with van der Waals surface area (Å²) in [6, 6.07) is 9.93. The summed E-state index contributed by atoms with van der Waals surface area (Å²) in [4.78, 5) is 17.2. The molecule has 0 aliphatic heterocycles. The second-order valence-corrected chi connectivity index (χ2v) is 5.85. The van der Waals surface area contributed by atoms with E-state index in [0.29, 0.717) is 17.5 Å². The number of carbonyl (C=O) groups is 1. The maximum atomic E-state index is 11.8. The summed E-state index contributed by atoms with van der Waals surface area (Å²) in [6.45, 7) is 4.23. The number of carbonyl (C=O) groups excluding carboxylic acids is 1. The van der Waals surface area contributed by atoms with Crippen LogP contribution in [0.5, 0.6) is 0 Å². The van der Waals surface area contributed by atoms with Gasteiger partial charge in [0, 0.05) is 17.5 Å². The molecule has 0 aliphatic carbocycles. The Morgan fingerprint density at radius 3 is 2.75 bits per heavy atom. The molecule has 0 fully saturated rings. The topological polar surface area (TPSA) is 42.0 Å². The minimum Gasteiger partial charge on any atom is -0.302 e. The van der Waals surface area contributed by atoms with Crippen LogP contribution in [0.2, 0.25) is 0 Å². The zero-order valence-electron chi connectivity index (χ0n) is 11.7. The molecule has 104 valence electrons. The van der Waals surface area contributed by atoms with Crippen LogP contribution >= 0.6 is 11.3 Å². The van der Waals surface area contributed by atoms with Crippen LogP contribution in [0.3, 0.4) is 0 Å². The number of amides is 1. The number of nitrogens with one attached hydrogen (secondary N) is 1. The van der Waals surface area contributed by atoms with Gasteiger partial charge >= 0.3 is 0 Å². The van der Waals surface area contributed by atoms with Crippen LogP contribution in [-0.4, -0.2) is 10.9 Å². The molecule has 0 saturated carbocycles. The van der Waals surface area contributed by atoms with Gasteiger partial charge in [-0.1, -0.05) is 56.3 Å². The standard InChI is InChI=1S/C16H18N2OS/c1-12(2)14-11-17-16(20-14)18-15(19)10-6-9-13-7-4-3-5-8-13/h3-9,11-12H,10H2,1-2H3,(H,17,18,19)/b9-6+. The molecule has 1 amide bonds. The third-order valence-corrected chi connectivity index (χ3v) is 3.97. The lowest BCUT2D eigenvalue weighted by Gasteiger charge is -1.99. The van der Waals surface area contributed by atoms with E-state index in [1.807, 2.05) is 48.7 Å². The number of aromatic nitrogens is 1. The molecule has 20 heavy (non-hydrogen) atoms. The first-order chi connectivity index (χ1) is 9.65. The van der Waals surface area contributed by atoms with E-state index in [2.05, 4.69) is 24.1 Å². The highest BCUT2D eigenvalue weighted by molar-refractivity contribution is 7.15. The summed E-state index contributed by atoms with van der Waals surface area (Å²) >= 11 is 1.53. The van der Waals surface area contributed by atoms with Crippen molar-refractivity contribution in [3.8, 4) is 0 Å². The molecular weight excluding hydrogens is 268 g/mol. The van der Waals surface area contributed by atoms with Gasteiger partial charge in [0.1, 0.15) is 0 Å². The average Bonchev–Trinajstić information content (AvgIpc) is 2.88. The minimum absolute atomic E-state index is 0.0400. The highest BCUT2D eigenvalue weighted by Gasteiger charge is 2.07. The van der Waals surface area contributed by atoms with E-state index in [1.54, 1.807) is 0 Å². The molecule has 1 aromatic carbocycles. The normalized spacial score (nSPS) is 11.2. The summed E-state index contributed by atoms with van der Waals surface area (Å²) in [6.07, 6.45) is 5.98. The van der Waals surface area contributed by atoms with Gasteiger partial charge in [0.2, 0.25) is 5.91 Å². The van der Waals surface area contributed by atoms with Crippen LogP contribution in [0.15, 0.2) is 42.6 Å². The Bertz CT molecular complexity index is 588. The van der Waals surface area contributed by atoms with Crippen molar-refractivity contribution in [1.29, 1.82) is 0 Å². The van der Waals surface area contributed by atoms with Crippen molar-refractivity contribution >= 4 is 28.5 Å². The van der Waals surface area contributed by atoms with Crippen LogP contribution in [-0.2, 0) is 4.79 Å². The second kappa shape index (κ2) is 7.01. The van der Waals surface area contributed by atoms with E-state index in [-0.39, 0.29) is 5.91 Å². The number of benzene rings is 1. The van der Waals surface area contributed by atoms with Gasteiger partial charge in [0.25, 0.3) is 0 Å². The Morgan fingerprint density at radius 1 is 1.35 bits per heavy atom. The van der Waals surface area contributed by atoms with Crippen molar-refractivity contribution in [1.82, 2.24) is 4.98 Å². The van der Waals surface area contributed by atoms with Crippen LogP contribution in [0.25, 0.3) is 6.08 Å². The molecular formula is C16H18N2OS. The van der Waals surface area contributed by atoms with Crippen molar-refractivity contribution in [2.75, 3.05) is 5.32 Å². The number of hydrogen-bond donors (Lipinski definition) is 1. The van der Waals surface area contributed by atoms with Crippen molar-refractivity contribution in [3.63, 3.8) is 0 Å². The monoisotopic (exact) mass is 286 g/mol. The molecule has 1 heterocycles. The van der Waals surface area contributed by atoms with Crippen LogP contribution in [0.4, 0.5) is 5.13 Å². The zero-order chi connectivity index (χ0) is 14.4. The number of anilines is 1. The fraction of sp³-hybridized carbons (Fsp3) is 0.250. The molecule has 4 heteroatoms. The van der Waals surface area contributed by atoms with Crippen molar-refractivity contribution in [2.45, 2.75) is 26.2 Å². The predicted molar refractivity (Wildman–Crippen MR) is 84.9 cm³/mol. The Labute approximate surface area is 123 Å². The SMILES string of the molecule is CC(C)c1cnc(NC(=O)C/C=C/c2ccccc2)s1. The van der Waals surface area contributed by atoms with Gasteiger partial charge in [-0.2, -0.15) is 0 Å². The fourth-order valence-electron chi connectivity index (χ4n) is 1.65. The Hall–Kier alpha value is -1.94. The molecule has 2 aromatic rings. The first-order valence-corrected chi connectivity index (χ1v) is 7.44. The van der Waals surface area contributed by atoms with Crippen molar-refractivity contribution in [2.24, 2.45) is 0 Å². The lowest BCUT2D eigenvalue weighted by molar-refractivity contribution is -0.115. The van der Waals surface area contributed by atoms with Gasteiger partial charge in [-0.15, -0.1) is 11.3 Å². The second-order valence-electron chi connectivity index (χ2n) is 4.79. The Morgan fingerprint density at radius 2 is 2.10 bits per heavy atom. The molecule has 0 bridgehead atoms. The molecule has 0 unspecified atom stereocenters. The summed E-state index contributed by atoms with van der Waals surface area (Å²) in [7, 11) is 0. The summed E-state index contributed by atoms with van der Waals surface area (Å²) < 4.78 is 0. The average molecular weight is 286 g/mol. The van der Waals surface area contributed by atoms with Gasteiger partial charge in [-0.25, -0.2) is 4.98 Å². The third kappa shape index (κ3) is 4.31. The molecule has 3 nitrogen and oxygen atoms in total. The molecule has 0 radical (unpaired) electrons. The van der Waals surface area contributed by atoms with E-state index in [1.165, 1.54) is 16.2 Å². The van der Waals surface area contributed by atoms with E-state index < -0.39 is 0 Å². The maximum absolute atomic E-state index is 11.8. The van der Waals surface area contributed by atoms with Gasteiger partial charge in [0.05, 0.1) is 0 Å². The lowest BCUT2D eigenvalue weighted by atomic mass is 10.2. The van der Waals surface area contributed by atoms with Gasteiger partial charge in [0.15, 0.2) is 5.13 Å². The van der Waals surface area contributed by atoms with E-state index in [4.69, 9.17) is 0 Å². The molecule has 2 rings (SSSR count). The van der Waals surface area contributed by atoms with Gasteiger partial charge in [-0.05, 0) is 11.5 Å². The molecule has 1 aromatic heterocycles. The first-order valence-electron chi connectivity index (χ1n) is 6.62. The Balaban J connectivity index is 1.84. The largest absolute Gasteiger partial charge is 0.302 e. The lowest BCUT2D eigenvalue weighted by Crippen LogP contribution is -2.09. The van der Waals surface area contributed by atoms with E-state index in [0.717, 1.165) is 5.56 Å². The predicted octanol–water partition coefficient (Wildman–Crippen LogP) is 4.31. The smallest absolute Gasteiger partial charge is 0.229 e. The van der Waals surface area contributed by atoms with Crippen LogP contribution in [0, 0.1) is 0 Å². The van der Waals surface area contributed by atoms with Crippen molar-refractivity contribution in [3.05, 3.63) is 53.0 Å². The highest BCUT2D eigenvalue weighted by Crippen LogP contribution is 2.25. The number of rotatable bonds is 5. The van der Waals surface area contributed by atoms with Gasteiger partial charge in [-0.3, -0.25) is 4.79 Å². The number of hydrogen-bond acceptors (Lipinski definition) is 3. The van der Waals surface area contributed by atoms with Crippen LogP contribution < -0.4 is 5.32 Å². The summed E-state index contributed by atoms with van der Waals surface area (Å²) in [5.41, 5.74) is 1.09. The molecule has 0 aliphatic rings. The zero-order valence-corrected chi connectivity index (χ0v) is 12.5. The quantitative estimate of drug-likeness (QED) is 0.890. The molecule has 1 N–H and O–H groups in total. The maximum Gasteiger partial charge on any atom is 0.229 e.